The van der Waals surface area contributed by atoms with Gasteiger partial charge in [-0.05, 0) is 43.7 Å². The number of benzene rings is 1. The first-order valence-corrected chi connectivity index (χ1v) is 7.80. The zero-order chi connectivity index (χ0) is 17.3. The predicted octanol–water partition coefficient (Wildman–Crippen LogP) is 3.48. The fourth-order valence-electron chi connectivity index (χ4n) is 2.76. The molecule has 1 saturated carbocycles. The molecular formula is C17H22F3NO2. The molecule has 2 rings (SSSR count). The fraction of sp³-hybridized carbons (Fsp3) is 0.588. The van der Waals surface area contributed by atoms with E-state index in [0.717, 1.165) is 12.1 Å². The van der Waals surface area contributed by atoms with E-state index in [2.05, 4.69) is 5.32 Å². The van der Waals surface area contributed by atoms with Crippen LogP contribution >= 0.6 is 0 Å². The number of hydrogen-bond acceptors (Lipinski definition) is 2. The summed E-state index contributed by atoms with van der Waals surface area (Å²) in [6.07, 6.45) is -2.67. The van der Waals surface area contributed by atoms with Gasteiger partial charge < -0.3 is 10.4 Å². The summed E-state index contributed by atoms with van der Waals surface area (Å²) in [5.74, 6) is -0.596. The zero-order valence-corrected chi connectivity index (χ0v) is 13.3. The highest BCUT2D eigenvalue weighted by Crippen LogP contribution is 2.48. The van der Waals surface area contributed by atoms with Crippen LogP contribution in [0.15, 0.2) is 24.3 Å². The molecule has 0 spiro atoms. The first-order valence-electron chi connectivity index (χ1n) is 7.80. The standard InChI is InChI=1S/C17H22F3NO2/c1-3-16(2,7-8-22)21-15(23)14-10-13(14)11-5-4-6-12(9-11)17(18,19)20/h4-6,9,13-14,22H,3,7-8,10H2,1-2H3,(H,21,23). The second-order valence-corrected chi connectivity index (χ2v) is 6.45. The lowest BCUT2D eigenvalue weighted by atomic mass is 9.94. The van der Waals surface area contributed by atoms with Crippen LogP contribution in [0.5, 0.6) is 0 Å². The molecule has 0 radical (unpaired) electrons. The van der Waals surface area contributed by atoms with Crippen LogP contribution < -0.4 is 5.32 Å². The normalized spacial score (nSPS) is 23.2. The monoisotopic (exact) mass is 329 g/mol. The lowest BCUT2D eigenvalue weighted by Gasteiger charge is -2.29. The molecule has 0 aliphatic heterocycles. The number of aliphatic hydroxyl groups excluding tert-OH is 1. The largest absolute Gasteiger partial charge is 0.416 e. The molecule has 0 heterocycles. The number of carbonyl (C=O) groups excluding carboxylic acids is 1. The number of nitrogens with one attached hydrogen (secondary N) is 1. The van der Waals surface area contributed by atoms with E-state index in [1.807, 2.05) is 13.8 Å². The molecule has 0 aromatic heterocycles. The van der Waals surface area contributed by atoms with Crippen molar-refractivity contribution in [2.45, 2.75) is 50.7 Å². The maximum Gasteiger partial charge on any atom is 0.416 e. The quantitative estimate of drug-likeness (QED) is 0.839. The number of alkyl halides is 3. The van der Waals surface area contributed by atoms with Crippen LogP contribution in [0.4, 0.5) is 13.2 Å². The molecule has 3 nitrogen and oxygen atoms in total. The molecule has 1 aliphatic rings. The number of aliphatic hydroxyl groups is 1. The molecule has 3 atom stereocenters. The molecule has 2 N–H and O–H groups in total. The fourth-order valence-corrected chi connectivity index (χ4v) is 2.76. The Labute approximate surface area is 133 Å². The number of carbonyl (C=O) groups is 1. The van der Waals surface area contributed by atoms with Crippen LogP contribution in [0.2, 0.25) is 0 Å². The van der Waals surface area contributed by atoms with Crippen LogP contribution in [0.1, 0.15) is 50.2 Å². The number of halogens is 3. The van der Waals surface area contributed by atoms with Crippen molar-refractivity contribution in [3.05, 3.63) is 35.4 Å². The van der Waals surface area contributed by atoms with Crippen LogP contribution in [-0.4, -0.2) is 23.2 Å². The molecule has 1 aliphatic carbocycles. The SMILES string of the molecule is CCC(C)(CCO)NC(=O)C1CC1c1cccc(C(F)(F)F)c1. The molecule has 128 valence electrons. The van der Waals surface area contributed by atoms with Crippen molar-refractivity contribution in [2.75, 3.05) is 6.61 Å². The van der Waals surface area contributed by atoms with Crippen molar-refractivity contribution in [1.82, 2.24) is 5.32 Å². The summed E-state index contributed by atoms with van der Waals surface area (Å²) in [5, 5.41) is 12.0. The van der Waals surface area contributed by atoms with E-state index >= 15 is 0 Å². The molecule has 1 aromatic rings. The van der Waals surface area contributed by atoms with Gasteiger partial charge in [0.05, 0.1) is 5.56 Å². The van der Waals surface area contributed by atoms with Gasteiger partial charge in [-0.1, -0.05) is 25.1 Å². The highest BCUT2D eigenvalue weighted by molar-refractivity contribution is 5.83. The predicted molar refractivity (Wildman–Crippen MR) is 80.8 cm³/mol. The Morgan fingerprint density at radius 1 is 1.39 bits per heavy atom. The molecule has 6 heteroatoms. The second kappa shape index (κ2) is 6.51. The first-order chi connectivity index (χ1) is 10.7. The van der Waals surface area contributed by atoms with Gasteiger partial charge >= 0.3 is 6.18 Å². The van der Waals surface area contributed by atoms with Gasteiger partial charge in [0.25, 0.3) is 0 Å². The summed E-state index contributed by atoms with van der Waals surface area (Å²) in [7, 11) is 0. The minimum absolute atomic E-state index is 0.0215. The number of amides is 1. The third-order valence-electron chi connectivity index (χ3n) is 4.64. The third kappa shape index (κ3) is 4.25. The Morgan fingerprint density at radius 3 is 2.65 bits per heavy atom. The Hall–Kier alpha value is -1.56. The highest BCUT2D eigenvalue weighted by atomic mass is 19.4. The summed E-state index contributed by atoms with van der Waals surface area (Å²) >= 11 is 0. The molecule has 1 aromatic carbocycles. The summed E-state index contributed by atoms with van der Waals surface area (Å²) in [6.45, 7) is 3.77. The minimum Gasteiger partial charge on any atom is -0.396 e. The summed E-state index contributed by atoms with van der Waals surface area (Å²) in [4.78, 5) is 12.3. The van der Waals surface area contributed by atoms with E-state index < -0.39 is 17.3 Å². The van der Waals surface area contributed by atoms with Crippen LogP contribution in [0.25, 0.3) is 0 Å². The summed E-state index contributed by atoms with van der Waals surface area (Å²) < 4.78 is 38.3. The van der Waals surface area contributed by atoms with Gasteiger partial charge in [-0.3, -0.25) is 4.79 Å². The van der Waals surface area contributed by atoms with E-state index in [9.17, 15) is 18.0 Å². The topological polar surface area (TPSA) is 49.3 Å². The molecule has 1 amide bonds. The smallest absolute Gasteiger partial charge is 0.396 e. The van der Waals surface area contributed by atoms with E-state index in [4.69, 9.17) is 5.11 Å². The molecule has 0 saturated heterocycles. The van der Waals surface area contributed by atoms with Crippen molar-refractivity contribution in [3.8, 4) is 0 Å². The molecular weight excluding hydrogens is 307 g/mol. The number of rotatable bonds is 6. The van der Waals surface area contributed by atoms with Gasteiger partial charge in [-0.15, -0.1) is 0 Å². The van der Waals surface area contributed by atoms with Gasteiger partial charge in [0.1, 0.15) is 0 Å². The molecule has 23 heavy (non-hydrogen) atoms. The molecule has 0 bridgehead atoms. The minimum atomic E-state index is -4.37. The Balaban J connectivity index is 2.03. The maximum atomic E-state index is 12.8. The maximum absolute atomic E-state index is 12.8. The Morgan fingerprint density at radius 2 is 2.09 bits per heavy atom. The van der Waals surface area contributed by atoms with Gasteiger partial charge in [-0.25, -0.2) is 0 Å². The van der Waals surface area contributed by atoms with Crippen molar-refractivity contribution >= 4 is 5.91 Å². The van der Waals surface area contributed by atoms with Gasteiger partial charge in [0.2, 0.25) is 5.91 Å². The van der Waals surface area contributed by atoms with Crippen LogP contribution in [0, 0.1) is 5.92 Å². The van der Waals surface area contributed by atoms with Gasteiger partial charge in [0, 0.05) is 18.1 Å². The first kappa shape index (κ1) is 17.8. The Kier molecular flexibility index (Phi) is 5.04. The van der Waals surface area contributed by atoms with E-state index in [0.29, 0.717) is 24.8 Å². The number of hydrogen-bond donors (Lipinski definition) is 2. The zero-order valence-electron chi connectivity index (χ0n) is 13.3. The molecule has 1 fully saturated rings. The second-order valence-electron chi connectivity index (χ2n) is 6.45. The van der Waals surface area contributed by atoms with Gasteiger partial charge in [-0.2, -0.15) is 13.2 Å². The summed E-state index contributed by atoms with van der Waals surface area (Å²) in [6, 6.07) is 5.19. The summed E-state index contributed by atoms with van der Waals surface area (Å²) in [5.41, 5.74) is -0.604. The van der Waals surface area contributed by atoms with Gasteiger partial charge in [0.15, 0.2) is 0 Å². The average molecular weight is 329 g/mol. The van der Waals surface area contributed by atoms with Crippen molar-refractivity contribution in [2.24, 2.45) is 5.92 Å². The van der Waals surface area contributed by atoms with Crippen LogP contribution in [-0.2, 0) is 11.0 Å². The Bertz CT molecular complexity index is 573. The average Bonchev–Trinajstić information content (AvgIpc) is 3.27. The lowest BCUT2D eigenvalue weighted by molar-refractivity contribution is -0.137. The van der Waals surface area contributed by atoms with E-state index in [1.54, 1.807) is 6.07 Å². The third-order valence-corrected chi connectivity index (χ3v) is 4.64. The van der Waals surface area contributed by atoms with E-state index in [1.165, 1.54) is 6.07 Å². The van der Waals surface area contributed by atoms with Crippen LogP contribution in [0.3, 0.4) is 0 Å². The van der Waals surface area contributed by atoms with Crippen molar-refractivity contribution < 1.29 is 23.1 Å². The van der Waals surface area contributed by atoms with Crippen molar-refractivity contribution in [3.63, 3.8) is 0 Å². The molecule has 3 unspecified atom stereocenters. The van der Waals surface area contributed by atoms with E-state index in [-0.39, 0.29) is 24.3 Å². The van der Waals surface area contributed by atoms with Crippen molar-refractivity contribution in [1.29, 1.82) is 0 Å². The highest BCUT2D eigenvalue weighted by Gasteiger charge is 2.46. The lowest BCUT2D eigenvalue weighted by Crippen LogP contribution is -2.47.